The molecule has 0 fully saturated rings. The van der Waals surface area contributed by atoms with Crippen LogP contribution in [0.15, 0.2) is 30.3 Å². The lowest BCUT2D eigenvalue weighted by atomic mass is 9.94. The lowest BCUT2D eigenvalue weighted by Gasteiger charge is -2.28. The van der Waals surface area contributed by atoms with Gasteiger partial charge in [-0.15, -0.1) is 0 Å². The van der Waals surface area contributed by atoms with Crippen LogP contribution >= 0.6 is 15.9 Å². The average molecular weight is 326 g/mol. The van der Waals surface area contributed by atoms with Crippen molar-refractivity contribution in [2.24, 2.45) is 5.92 Å². The molecule has 1 rings (SSSR count). The maximum Gasteiger partial charge on any atom is 0.234 e. The first-order valence-corrected chi connectivity index (χ1v) is 7.73. The highest BCUT2D eigenvalue weighted by Crippen LogP contribution is 2.17. The molecule has 106 valence electrons. The molecule has 0 aromatic heterocycles. The van der Waals surface area contributed by atoms with Crippen LogP contribution in [-0.2, 0) is 11.2 Å². The van der Waals surface area contributed by atoms with Gasteiger partial charge in [0.15, 0.2) is 0 Å². The minimum atomic E-state index is -0.187. The molecule has 0 saturated heterocycles. The molecule has 2 nitrogen and oxygen atoms in total. The normalized spacial score (nSPS) is 13.4. The van der Waals surface area contributed by atoms with Gasteiger partial charge in [-0.1, -0.05) is 60.1 Å². The minimum absolute atomic E-state index is 0.0769. The number of carbonyl (C=O) groups is 1. The molecule has 1 amide bonds. The molecule has 1 aromatic rings. The summed E-state index contributed by atoms with van der Waals surface area (Å²) in [5, 5.41) is 3.12. The smallest absolute Gasteiger partial charge is 0.234 e. The summed E-state index contributed by atoms with van der Waals surface area (Å²) in [7, 11) is 0. The highest BCUT2D eigenvalue weighted by molar-refractivity contribution is 9.10. The van der Waals surface area contributed by atoms with Crippen LogP contribution < -0.4 is 5.32 Å². The van der Waals surface area contributed by atoms with Crippen molar-refractivity contribution in [2.75, 3.05) is 0 Å². The summed E-state index contributed by atoms with van der Waals surface area (Å²) in [4.78, 5) is 11.9. The molecule has 0 aliphatic heterocycles. The van der Waals surface area contributed by atoms with Crippen LogP contribution in [0.25, 0.3) is 0 Å². The van der Waals surface area contributed by atoms with E-state index >= 15 is 0 Å². The Kier molecular flexibility index (Phi) is 6.05. The Morgan fingerprint density at radius 3 is 2.37 bits per heavy atom. The lowest BCUT2D eigenvalue weighted by molar-refractivity contribution is -0.122. The van der Waals surface area contributed by atoms with Crippen molar-refractivity contribution < 1.29 is 4.79 Å². The summed E-state index contributed by atoms with van der Waals surface area (Å²) in [6.07, 6.45) is 1.91. The van der Waals surface area contributed by atoms with Gasteiger partial charge in [0.1, 0.15) is 0 Å². The summed E-state index contributed by atoms with van der Waals surface area (Å²) in [5.41, 5.74) is 1.12. The number of alkyl halides is 1. The van der Waals surface area contributed by atoms with E-state index in [0.717, 1.165) is 12.8 Å². The Labute approximate surface area is 125 Å². The highest BCUT2D eigenvalue weighted by Gasteiger charge is 2.25. The Hall–Kier alpha value is -0.830. The van der Waals surface area contributed by atoms with E-state index in [2.05, 4.69) is 47.2 Å². The predicted molar refractivity (Wildman–Crippen MR) is 84.5 cm³/mol. The number of carbonyl (C=O) groups excluding carboxylic acids is 1. The third kappa shape index (κ3) is 5.77. The molecule has 0 aliphatic rings. The quantitative estimate of drug-likeness (QED) is 0.789. The fraction of sp³-hybridized carbons (Fsp3) is 0.562. The number of hydrogen-bond acceptors (Lipinski definition) is 1. The molecule has 0 bridgehead atoms. The number of amides is 1. The zero-order valence-electron chi connectivity index (χ0n) is 12.2. The predicted octanol–water partition coefficient (Wildman–Crippen LogP) is 3.93. The van der Waals surface area contributed by atoms with Crippen molar-refractivity contribution in [1.82, 2.24) is 5.32 Å². The second-order valence-electron chi connectivity index (χ2n) is 6.00. The van der Waals surface area contributed by atoms with Crippen LogP contribution in [0.2, 0.25) is 0 Å². The standard InChI is InChI=1S/C16H24BrNO/c1-12(2)14(17)15(19)18-16(3,4)11-10-13-8-6-5-7-9-13/h5-9,12,14H,10-11H2,1-4H3,(H,18,19). The molecule has 1 atom stereocenters. The molecule has 19 heavy (non-hydrogen) atoms. The summed E-state index contributed by atoms with van der Waals surface area (Å²) < 4.78 is 0. The van der Waals surface area contributed by atoms with Crippen molar-refractivity contribution in [3.63, 3.8) is 0 Å². The van der Waals surface area contributed by atoms with Crippen molar-refractivity contribution in [3.8, 4) is 0 Å². The van der Waals surface area contributed by atoms with Gasteiger partial charge in [0.25, 0.3) is 0 Å². The van der Waals surface area contributed by atoms with Crippen molar-refractivity contribution in [1.29, 1.82) is 0 Å². The van der Waals surface area contributed by atoms with Crippen LogP contribution in [0, 0.1) is 5.92 Å². The largest absolute Gasteiger partial charge is 0.350 e. The van der Waals surface area contributed by atoms with Gasteiger partial charge in [-0.05, 0) is 38.2 Å². The second kappa shape index (κ2) is 7.09. The Bertz CT molecular complexity index is 400. The number of rotatable bonds is 6. The van der Waals surface area contributed by atoms with Gasteiger partial charge in [-0.2, -0.15) is 0 Å². The zero-order valence-corrected chi connectivity index (χ0v) is 13.8. The molecule has 1 N–H and O–H groups in total. The number of halogens is 1. The zero-order chi connectivity index (χ0) is 14.5. The molecule has 0 radical (unpaired) electrons. The molecule has 3 heteroatoms. The van der Waals surface area contributed by atoms with Crippen molar-refractivity contribution >= 4 is 21.8 Å². The third-order valence-electron chi connectivity index (χ3n) is 3.18. The Morgan fingerprint density at radius 2 is 1.84 bits per heavy atom. The number of benzene rings is 1. The van der Waals surface area contributed by atoms with Crippen LogP contribution in [0.1, 0.15) is 39.7 Å². The van der Waals surface area contributed by atoms with E-state index < -0.39 is 0 Å². The molecule has 0 spiro atoms. The van der Waals surface area contributed by atoms with Crippen LogP contribution in [0.5, 0.6) is 0 Å². The second-order valence-corrected chi connectivity index (χ2v) is 6.99. The van der Waals surface area contributed by atoms with Gasteiger partial charge in [-0.25, -0.2) is 0 Å². The number of nitrogens with one attached hydrogen (secondary N) is 1. The van der Waals surface area contributed by atoms with E-state index in [1.807, 2.05) is 32.0 Å². The molecule has 1 aromatic carbocycles. The first-order chi connectivity index (χ1) is 8.82. The fourth-order valence-corrected chi connectivity index (χ4v) is 1.98. The molecule has 1 unspecified atom stereocenters. The van der Waals surface area contributed by atoms with E-state index in [9.17, 15) is 4.79 Å². The fourth-order valence-electron chi connectivity index (χ4n) is 1.87. The van der Waals surface area contributed by atoms with E-state index in [1.165, 1.54) is 5.56 Å². The molecular formula is C16H24BrNO. The van der Waals surface area contributed by atoms with Crippen molar-refractivity contribution in [2.45, 2.75) is 50.9 Å². The van der Waals surface area contributed by atoms with Crippen LogP contribution in [-0.4, -0.2) is 16.3 Å². The SMILES string of the molecule is CC(C)C(Br)C(=O)NC(C)(C)CCc1ccccc1. The van der Waals surface area contributed by atoms with Gasteiger partial charge in [0.2, 0.25) is 5.91 Å². The third-order valence-corrected chi connectivity index (χ3v) is 4.65. The molecule has 0 saturated carbocycles. The van der Waals surface area contributed by atoms with Gasteiger partial charge in [0, 0.05) is 5.54 Å². The maximum atomic E-state index is 12.1. The van der Waals surface area contributed by atoms with E-state index in [0.29, 0.717) is 5.92 Å². The summed E-state index contributed by atoms with van der Waals surface area (Å²) in [6.45, 7) is 8.23. The van der Waals surface area contributed by atoms with Crippen molar-refractivity contribution in [3.05, 3.63) is 35.9 Å². The van der Waals surface area contributed by atoms with Gasteiger partial charge in [0.05, 0.1) is 4.83 Å². The molecule has 0 heterocycles. The summed E-state index contributed by atoms with van der Waals surface area (Å²) >= 11 is 3.44. The monoisotopic (exact) mass is 325 g/mol. The van der Waals surface area contributed by atoms with Gasteiger partial charge >= 0.3 is 0 Å². The van der Waals surface area contributed by atoms with E-state index in [4.69, 9.17) is 0 Å². The Balaban J connectivity index is 2.50. The van der Waals surface area contributed by atoms with Gasteiger partial charge < -0.3 is 5.32 Å². The van der Waals surface area contributed by atoms with E-state index in [1.54, 1.807) is 0 Å². The van der Waals surface area contributed by atoms with Crippen LogP contribution in [0.4, 0.5) is 0 Å². The first kappa shape index (κ1) is 16.2. The highest BCUT2D eigenvalue weighted by atomic mass is 79.9. The number of hydrogen-bond donors (Lipinski definition) is 1. The van der Waals surface area contributed by atoms with Crippen LogP contribution in [0.3, 0.4) is 0 Å². The summed E-state index contributed by atoms with van der Waals surface area (Å²) in [5.74, 6) is 0.373. The Morgan fingerprint density at radius 1 is 1.26 bits per heavy atom. The topological polar surface area (TPSA) is 29.1 Å². The lowest BCUT2D eigenvalue weighted by Crippen LogP contribution is -2.47. The van der Waals surface area contributed by atoms with E-state index in [-0.39, 0.29) is 16.3 Å². The maximum absolute atomic E-state index is 12.1. The summed E-state index contributed by atoms with van der Waals surface area (Å²) in [6, 6.07) is 10.4. The number of aryl methyl sites for hydroxylation is 1. The molecule has 0 aliphatic carbocycles. The first-order valence-electron chi connectivity index (χ1n) is 6.82. The average Bonchev–Trinajstić information content (AvgIpc) is 2.36. The van der Waals surface area contributed by atoms with Gasteiger partial charge in [-0.3, -0.25) is 4.79 Å². The molecular weight excluding hydrogens is 302 g/mol. The minimum Gasteiger partial charge on any atom is -0.350 e.